The van der Waals surface area contributed by atoms with Crippen molar-refractivity contribution in [2.45, 2.75) is 26.2 Å². The molecule has 8 heteroatoms. The molecule has 0 unspecified atom stereocenters. The van der Waals surface area contributed by atoms with E-state index in [1.54, 1.807) is 24.3 Å². The van der Waals surface area contributed by atoms with Crippen molar-refractivity contribution in [2.75, 3.05) is 5.32 Å². The van der Waals surface area contributed by atoms with Gasteiger partial charge in [-0.05, 0) is 35.4 Å². The van der Waals surface area contributed by atoms with Crippen LogP contribution in [-0.4, -0.2) is 11.9 Å². The summed E-state index contributed by atoms with van der Waals surface area (Å²) in [5, 5.41) is 7.76. The Morgan fingerprint density at radius 2 is 1.54 bits per heavy atom. The minimum Gasteiger partial charge on any atom is -0.334 e. The van der Waals surface area contributed by atoms with Gasteiger partial charge in [-0.3, -0.25) is 4.79 Å². The van der Waals surface area contributed by atoms with Crippen LogP contribution in [0.25, 0.3) is 0 Å². The highest BCUT2D eigenvalue weighted by atomic mass is 19.4. The van der Waals surface area contributed by atoms with Crippen LogP contribution in [0.1, 0.15) is 23.6 Å². The number of urea groups is 1. The summed E-state index contributed by atoms with van der Waals surface area (Å²) in [5.41, 5.74) is 1.06. The van der Waals surface area contributed by atoms with Crippen molar-refractivity contribution >= 4 is 17.6 Å². The molecule has 0 aliphatic heterocycles. The molecule has 26 heavy (non-hydrogen) atoms. The highest BCUT2D eigenvalue weighted by Crippen LogP contribution is 2.29. The molecule has 2 aromatic carbocycles. The van der Waals surface area contributed by atoms with Crippen molar-refractivity contribution in [1.29, 1.82) is 0 Å². The second-order valence-corrected chi connectivity index (χ2v) is 5.61. The topological polar surface area (TPSA) is 70.2 Å². The zero-order chi connectivity index (χ0) is 19.2. The first-order valence-corrected chi connectivity index (χ1v) is 7.78. The van der Waals surface area contributed by atoms with Gasteiger partial charge in [0.15, 0.2) is 0 Å². The number of hydrogen-bond acceptors (Lipinski definition) is 2. The molecule has 0 radical (unpaired) electrons. The number of anilines is 1. The summed E-state index contributed by atoms with van der Waals surface area (Å²) in [6.07, 6.45) is -4.42. The number of alkyl halides is 3. The number of halogens is 3. The summed E-state index contributed by atoms with van der Waals surface area (Å²) in [7, 11) is 0. The van der Waals surface area contributed by atoms with Crippen molar-refractivity contribution < 1.29 is 22.8 Å². The zero-order valence-electron chi connectivity index (χ0n) is 14.0. The van der Waals surface area contributed by atoms with Crippen molar-refractivity contribution in [3.63, 3.8) is 0 Å². The molecule has 0 bridgehead atoms. The van der Waals surface area contributed by atoms with Gasteiger partial charge in [0.25, 0.3) is 0 Å². The summed E-state index contributed by atoms with van der Waals surface area (Å²) < 4.78 is 38.0. The molecule has 2 aromatic rings. The van der Waals surface area contributed by atoms with E-state index in [2.05, 4.69) is 16.0 Å². The van der Waals surface area contributed by atoms with Gasteiger partial charge in [-0.2, -0.15) is 13.2 Å². The van der Waals surface area contributed by atoms with Crippen molar-refractivity contribution in [2.24, 2.45) is 0 Å². The predicted molar refractivity (Wildman–Crippen MR) is 91.3 cm³/mol. The summed E-state index contributed by atoms with van der Waals surface area (Å²) in [5.74, 6) is -0.176. The van der Waals surface area contributed by atoms with E-state index in [0.29, 0.717) is 11.3 Å². The standard InChI is InChI=1S/C18H18F3N3O2/c1-12(25)24-16-7-5-13(6-8-16)10-22-17(26)23-11-14-3-2-4-15(9-14)18(19,20)21/h2-9H,10-11H2,1H3,(H,24,25)(H2,22,23,26). The minimum absolute atomic E-state index is 0.0166. The van der Waals surface area contributed by atoms with E-state index in [-0.39, 0.29) is 19.0 Å². The summed E-state index contributed by atoms with van der Waals surface area (Å²) in [6.45, 7) is 1.64. The van der Waals surface area contributed by atoms with Gasteiger partial charge >= 0.3 is 12.2 Å². The maximum Gasteiger partial charge on any atom is 0.416 e. The molecule has 0 atom stereocenters. The largest absolute Gasteiger partial charge is 0.416 e. The quantitative estimate of drug-likeness (QED) is 0.757. The van der Waals surface area contributed by atoms with Gasteiger partial charge in [0.2, 0.25) is 5.91 Å². The van der Waals surface area contributed by atoms with Gasteiger partial charge in [0, 0.05) is 25.7 Å². The lowest BCUT2D eigenvalue weighted by Crippen LogP contribution is -2.34. The van der Waals surface area contributed by atoms with Crippen LogP contribution in [0.2, 0.25) is 0 Å². The third-order valence-electron chi connectivity index (χ3n) is 3.43. The Kier molecular flexibility index (Phi) is 6.21. The van der Waals surface area contributed by atoms with Crippen molar-refractivity contribution in [3.05, 3.63) is 65.2 Å². The van der Waals surface area contributed by atoms with Crippen LogP contribution in [0.5, 0.6) is 0 Å². The number of nitrogens with one attached hydrogen (secondary N) is 3. The van der Waals surface area contributed by atoms with Gasteiger partial charge in [-0.1, -0.05) is 24.3 Å². The first-order valence-electron chi connectivity index (χ1n) is 7.78. The number of hydrogen-bond donors (Lipinski definition) is 3. The minimum atomic E-state index is -4.42. The fourth-order valence-electron chi connectivity index (χ4n) is 2.19. The Hall–Kier alpha value is -3.03. The molecule has 0 saturated carbocycles. The van der Waals surface area contributed by atoms with Gasteiger partial charge in [0.05, 0.1) is 5.56 Å². The Labute approximate surface area is 148 Å². The highest BCUT2D eigenvalue weighted by Gasteiger charge is 2.30. The average molecular weight is 365 g/mol. The molecule has 0 spiro atoms. The van der Waals surface area contributed by atoms with E-state index in [0.717, 1.165) is 17.7 Å². The maximum absolute atomic E-state index is 12.7. The van der Waals surface area contributed by atoms with Gasteiger partial charge in [0.1, 0.15) is 0 Å². The first kappa shape index (κ1) is 19.3. The van der Waals surface area contributed by atoms with Gasteiger partial charge < -0.3 is 16.0 Å². The smallest absolute Gasteiger partial charge is 0.334 e. The molecule has 0 fully saturated rings. The number of carbonyl (C=O) groups is 2. The zero-order valence-corrected chi connectivity index (χ0v) is 14.0. The number of amides is 3. The van der Waals surface area contributed by atoms with Crippen LogP contribution >= 0.6 is 0 Å². The third-order valence-corrected chi connectivity index (χ3v) is 3.43. The Morgan fingerprint density at radius 3 is 2.12 bits per heavy atom. The lowest BCUT2D eigenvalue weighted by Gasteiger charge is -2.11. The Morgan fingerprint density at radius 1 is 0.923 bits per heavy atom. The third kappa shape index (κ3) is 6.12. The number of benzene rings is 2. The van der Waals surface area contributed by atoms with E-state index in [9.17, 15) is 22.8 Å². The van der Waals surface area contributed by atoms with Gasteiger partial charge in [-0.25, -0.2) is 4.79 Å². The highest BCUT2D eigenvalue weighted by molar-refractivity contribution is 5.88. The van der Waals surface area contributed by atoms with Crippen LogP contribution < -0.4 is 16.0 Å². The summed E-state index contributed by atoms with van der Waals surface area (Å²) >= 11 is 0. The van der Waals surface area contributed by atoms with Crippen LogP contribution in [0.4, 0.5) is 23.7 Å². The number of carbonyl (C=O) groups excluding carboxylic acids is 2. The Bertz CT molecular complexity index is 774. The fraction of sp³-hybridized carbons (Fsp3) is 0.222. The molecule has 0 aliphatic carbocycles. The molecule has 3 amide bonds. The molecular weight excluding hydrogens is 347 g/mol. The average Bonchev–Trinajstić information content (AvgIpc) is 2.58. The maximum atomic E-state index is 12.7. The Balaban J connectivity index is 1.81. The second-order valence-electron chi connectivity index (χ2n) is 5.61. The second kappa shape index (κ2) is 8.37. The van der Waals surface area contributed by atoms with E-state index in [1.807, 2.05) is 0 Å². The van der Waals surface area contributed by atoms with Crippen LogP contribution in [0.3, 0.4) is 0 Å². The molecule has 5 nitrogen and oxygen atoms in total. The van der Waals surface area contributed by atoms with E-state index < -0.39 is 17.8 Å². The lowest BCUT2D eigenvalue weighted by molar-refractivity contribution is -0.137. The van der Waals surface area contributed by atoms with Crippen molar-refractivity contribution in [3.8, 4) is 0 Å². The van der Waals surface area contributed by atoms with Crippen LogP contribution in [0, 0.1) is 0 Å². The SMILES string of the molecule is CC(=O)Nc1ccc(CNC(=O)NCc2cccc(C(F)(F)F)c2)cc1. The van der Waals surface area contributed by atoms with E-state index >= 15 is 0 Å². The van der Waals surface area contributed by atoms with Crippen molar-refractivity contribution in [1.82, 2.24) is 10.6 Å². The molecule has 0 aromatic heterocycles. The fourth-order valence-corrected chi connectivity index (χ4v) is 2.19. The lowest BCUT2D eigenvalue weighted by atomic mass is 10.1. The summed E-state index contributed by atoms with van der Waals surface area (Å²) in [4.78, 5) is 22.7. The van der Waals surface area contributed by atoms with E-state index in [4.69, 9.17) is 0 Å². The molecule has 0 saturated heterocycles. The normalized spacial score (nSPS) is 10.9. The number of rotatable bonds is 5. The predicted octanol–water partition coefficient (Wildman–Crippen LogP) is 3.66. The monoisotopic (exact) mass is 365 g/mol. The molecule has 0 heterocycles. The molecule has 3 N–H and O–H groups in total. The molecular formula is C18H18F3N3O2. The van der Waals surface area contributed by atoms with Crippen LogP contribution in [-0.2, 0) is 24.1 Å². The molecule has 138 valence electrons. The van der Waals surface area contributed by atoms with Crippen LogP contribution in [0.15, 0.2) is 48.5 Å². The molecule has 0 aliphatic rings. The molecule has 2 rings (SSSR count). The first-order chi connectivity index (χ1) is 12.2. The van der Waals surface area contributed by atoms with E-state index in [1.165, 1.54) is 19.1 Å². The van der Waals surface area contributed by atoms with Gasteiger partial charge in [-0.15, -0.1) is 0 Å². The summed E-state index contributed by atoms with van der Waals surface area (Å²) in [6, 6.07) is 11.2.